The van der Waals surface area contributed by atoms with Gasteiger partial charge in [-0.2, -0.15) is 0 Å². The number of ether oxygens (including phenoxy) is 1. The van der Waals surface area contributed by atoms with Crippen LogP contribution in [-0.2, 0) is 14.1 Å². The molecule has 7 nitrogen and oxygen atoms in total. The van der Waals surface area contributed by atoms with Gasteiger partial charge < -0.3 is 14.2 Å². The van der Waals surface area contributed by atoms with Gasteiger partial charge in [-0.05, 0) is 12.8 Å². The number of nitrogens with one attached hydrogen (secondary N) is 1. The first-order valence-corrected chi connectivity index (χ1v) is 8.41. The summed E-state index contributed by atoms with van der Waals surface area (Å²) in [6.07, 6.45) is 0.940. The van der Waals surface area contributed by atoms with Crippen LogP contribution in [-0.4, -0.2) is 47.2 Å². The van der Waals surface area contributed by atoms with Gasteiger partial charge >= 0.3 is 6.03 Å². The molecular weight excluding hydrogens is 291 g/mol. The number of thiol groups is 1. The van der Waals surface area contributed by atoms with Crippen molar-refractivity contribution in [1.29, 1.82) is 0 Å². The van der Waals surface area contributed by atoms with E-state index >= 15 is 0 Å². The Hall–Kier alpha value is -0.400. The molecule has 2 heterocycles. The van der Waals surface area contributed by atoms with Crippen LogP contribution in [0.1, 0.15) is 19.8 Å². The van der Waals surface area contributed by atoms with E-state index in [4.69, 9.17) is 14.2 Å². The first kappa shape index (κ1) is 15.0. The molecule has 9 heteroatoms. The molecule has 0 bridgehead atoms. The van der Waals surface area contributed by atoms with E-state index in [-0.39, 0.29) is 30.8 Å². The van der Waals surface area contributed by atoms with E-state index in [9.17, 15) is 9.59 Å². The molecular formula is C10H17N2O5PS. The monoisotopic (exact) mass is 308 g/mol. The predicted octanol–water partition coefficient (Wildman–Crippen LogP) is 0.845. The van der Waals surface area contributed by atoms with Crippen molar-refractivity contribution in [3.8, 4) is 0 Å². The summed E-state index contributed by atoms with van der Waals surface area (Å²) in [5, 5.41) is 2.31. The van der Waals surface area contributed by atoms with Crippen LogP contribution in [0.5, 0.6) is 0 Å². The van der Waals surface area contributed by atoms with Crippen molar-refractivity contribution in [3.63, 3.8) is 0 Å². The molecule has 2 saturated heterocycles. The molecule has 0 aromatic carbocycles. The molecule has 2 rings (SSSR count). The Kier molecular flexibility index (Phi) is 5.03. The van der Waals surface area contributed by atoms with Gasteiger partial charge in [-0.3, -0.25) is 15.0 Å². The van der Waals surface area contributed by atoms with Crippen molar-refractivity contribution in [2.45, 2.75) is 32.1 Å². The minimum atomic E-state index is -1.69. The highest BCUT2D eigenvalue weighted by atomic mass is 32.7. The molecule has 108 valence electrons. The Balaban J connectivity index is 1.86. The maximum atomic E-state index is 11.7. The van der Waals surface area contributed by atoms with Gasteiger partial charge in [0.1, 0.15) is 6.23 Å². The molecule has 2 aliphatic rings. The molecule has 0 aliphatic carbocycles. The third kappa shape index (κ3) is 3.79. The molecule has 0 aromatic heterocycles. The Morgan fingerprint density at radius 3 is 3.00 bits per heavy atom. The fourth-order valence-electron chi connectivity index (χ4n) is 2.20. The number of rotatable bonds is 4. The van der Waals surface area contributed by atoms with Crippen molar-refractivity contribution < 1.29 is 23.7 Å². The van der Waals surface area contributed by atoms with Gasteiger partial charge in [0, 0.05) is 6.54 Å². The SMILES string of the molecule is CC1CN([C@H]2CC[C@@H](COP(O)S)O2)C(=O)NC1=O. The number of imide groups is 1. The third-order valence-electron chi connectivity index (χ3n) is 3.22. The predicted molar refractivity (Wildman–Crippen MR) is 71.4 cm³/mol. The van der Waals surface area contributed by atoms with Crippen LogP contribution in [0.25, 0.3) is 0 Å². The van der Waals surface area contributed by atoms with Gasteiger partial charge in [-0.25, -0.2) is 4.79 Å². The highest BCUT2D eigenvalue weighted by molar-refractivity contribution is 8.41. The zero-order chi connectivity index (χ0) is 14.0. The first-order valence-electron chi connectivity index (χ1n) is 6.05. The van der Waals surface area contributed by atoms with Crippen molar-refractivity contribution >= 4 is 31.8 Å². The number of carbonyl (C=O) groups excluding carboxylic acids is 2. The summed E-state index contributed by atoms with van der Waals surface area (Å²) in [5.74, 6) is -0.487. The van der Waals surface area contributed by atoms with Gasteiger partial charge in [0.15, 0.2) is 0 Å². The van der Waals surface area contributed by atoms with Crippen molar-refractivity contribution in [2.24, 2.45) is 5.92 Å². The zero-order valence-electron chi connectivity index (χ0n) is 10.5. The third-order valence-corrected chi connectivity index (χ3v) is 3.94. The fraction of sp³-hybridized carbons (Fsp3) is 0.800. The van der Waals surface area contributed by atoms with E-state index in [1.807, 2.05) is 0 Å². The number of nitrogens with zero attached hydrogens (tertiary/aromatic N) is 1. The molecule has 0 saturated carbocycles. The Morgan fingerprint density at radius 1 is 1.58 bits per heavy atom. The smallest absolute Gasteiger partial charge is 0.326 e. The van der Waals surface area contributed by atoms with Crippen molar-refractivity contribution in [1.82, 2.24) is 10.2 Å². The number of hydrogen-bond donors (Lipinski definition) is 3. The van der Waals surface area contributed by atoms with E-state index in [0.29, 0.717) is 13.0 Å². The molecule has 0 radical (unpaired) electrons. The Morgan fingerprint density at radius 2 is 2.32 bits per heavy atom. The van der Waals surface area contributed by atoms with Crippen LogP contribution in [0, 0.1) is 5.92 Å². The van der Waals surface area contributed by atoms with Gasteiger partial charge in [0.05, 0.1) is 18.6 Å². The van der Waals surface area contributed by atoms with Gasteiger partial charge in [0.2, 0.25) is 13.5 Å². The lowest BCUT2D eigenvalue weighted by atomic mass is 10.1. The van der Waals surface area contributed by atoms with E-state index in [0.717, 1.165) is 6.42 Å². The number of urea groups is 1. The van der Waals surface area contributed by atoms with Gasteiger partial charge in [-0.15, -0.1) is 0 Å². The van der Waals surface area contributed by atoms with Crippen LogP contribution < -0.4 is 5.32 Å². The standard InChI is InChI=1S/C10H17N2O5PS/c1-6-4-12(10(14)11-9(6)13)8-3-2-7(17-8)5-16-18(15)19/h6-8,15,19H,2-5H2,1H3,(H,11,13,14)/t6?,7-,8+,18?/m0/s1. The number of hydrogen-bond acceptors (Lipinski definition) is 6. The summed E-state index contributed by atoms with van der Waals surface area (Å²) in [4.78, 5) is 33.6. The maximum absolute atomic E-state index is 11.7. The summed E-state index contributed by atoms with van der Waals surface area (Å²) in [5.41, 5.74) is 0. The highest BCUT2D eigenvalue weighted by Crippen LogP contribution is 2.37. The summed E-state index contributed by atoms with van der Waals surface area (Å²) in [7, 11) is -1.69. The molecule has 2 fully saturated rings. The Labute approximate surface area is 117 Å². The molecule has 0 spiro atoms. The normalized spacial score (nSPS) is 33.4. The average molecular weight is 308 g/mol. The zero-order valence-corrected chi connectivity index (χ0v) is 12.3. The van der Waals surface area contributed by atoms with Crippen LogP contribution in [0.4, 0.5) is 4.79 Å². The number of amides is 3. The van der Waals surface area contributed by atoms with Gasteiger partial charge in [0.25, 0.3) is 0 Å². The fourth-order valence-corrected chi connectivity index (χ4v) is 2.70. The highest BCUT2D eigenvalue weighted by Gasteiger charge is 2.38. The summed E-state index contributed by atoms with van der Waals surface area (Å²) >= 11 is 3.76. The summed E-state index contributed by atoms with van der Waals surface area (Å²) in [6, 6.07) is -0.409. The molecule has 4 atom stereocenters. The van der Waals surface area contributed by atoms with E-state index < -0.39 is 13.6 Å². The van der Waals surface area contributed by atoms with Crippen molar-refractivity contribution in [3.05, 3.63) is 0 Å². The second-order valence-electron chi connectivity index (χ2n) is 4.69. The lowest BCUT2D eigenvalue weighted by Crippen LogP contribution is -2.57. The average Bonchev–Trinajstić information content (AvgIpc) is 2.80. The molecule has 2 aliphatic heterocycles. The topological polar surface area (TPSA) is 88.1 Å². The minimum Gasteiger partial charge on any atom is -0.353 e. The lowest BCUT2D eigenvalue weighted by molar-refractivity contribution is -0.128. The lowest BCUT2D eigenvalue weighted by Gasteiger charge is -2.34. The first-order chi connectivity index (χ1) is 8.97. The quantitative estimate of drug-likeness (QED) is 0.529. The van der Waals surface area contributed by atoms with E-state index in [1.54, 1.807) is 6.92 Å². The maximum Gasteiger partial charge on any atom is 0.326 e. The summed E-state index contributed by atoms with van der Waals surface area (Å²) < 4.78 is 10.7. The van der Waals surface area contributed by atoms with Crippen LogP contribution in [0.15, 0.2) is 0 Å². The molecule has 3 amide bonds. The Bertz CT molecular complexity index is 370. The van der Waals surface area contributed by atoms with Crippen molar-refractivity contribution in [2.75, 3.05) is 13.2 Å². The van der Waals surface area contributed by atoms with Crippen LogP contribution in [0.2, 0.25) is 0 Å². The van der Waals surface area contributed by atoms with Crippen LogP contribution >= 0.6 is 19.8 Å². The molecule has 2 unspecified atom stereocenters. The molecule has 2 N–H and O–H groups in total. The van der Waals surface area contributed by atoms with E-state index in [1.165, 1.54) is 4.90 Å². The molecule has 0 aromatic rings. The largest absolute Gasteiger partial charge is 0.353 e. The second-order valence-corrected chi connectivity index (χ2v) is 6.48. The minimum absolute atomic E-state index is 0.157. The van der Waals surface area contributed by atoms with Gasteiger partial charge in [-0.1, -0.05) is 19.2 Å². The van der Waals surface area contributed by atoms with E-state index in [2.05, 4.69) is 17.6 Å². The number of carbonyl (C=O) groups is 2. The summed E-state index contributed by atoms with van der Waals surface area (Å²) in [6.45, 7) is 2.39. The second kappa shape index (κ2) is 6.37. The molecule has 19 heavy (non-hydrogen) atoms. The van der Waals surface area contributed by atoms with Crippen LogP contribution in [0.3, 0.4) is 0 Å².